The number of carboxylic acid groups (broad SMARTS) is 1. The van der Waals surface area contributed by atoms with Gasteiger partial charge in [-0.2, -0.15) is 0 Å². The lowest BCUT2D eigenvalue weighted by Crippen LogP contribution is -2.38. The number of hydrogen-bond acceptors (Lipinski definition) is 3. The molecule has 0 fully saturated rings. The number of aryl methyl sites for hydroxylation is 1. The molecule has 0 aliphatic carbocycles. The van der Waals surface area contributed by atoms with Gasteiger partial charge in [0.1, 0.15) is 6.04 Å². The standard InChI is InChI=1S/C15H17NO3S/c1-10(15(18)19)16-14(17)8-4-5-11-9-20-13-7-3-2-6-12(11)13/h2-3,6-7,9-10H,4-5,8H2,1H3,(H,16,17)(H,18,19)/t10-/m0/s1. The average molecular weight is 291 g/mol. The number of rotatable bonds is 6. The van der Waals surface area contributed by atoms with Crippen molar-refractivity contribution in [2.75, 3.05) is 0 Å². The zero-order valence-electron chi connectivity index (χ0n) is 11.3. The van der Waals surface area contributed by atoms with Crippen molar-refractivity contribution in [1.29, 1.82) is 0 Å². The first-order chi connectivity index (χ1) is 9.58. The predicted molar refractivity (Wildman–Crippen MR) is 80.0 cm³/mol. The number of nitrogens with one attached hydrogen (secondary N) is 1. The molecule has 2 aromatic rings. The lowest BCUT2D eigenvalue weighted by atomic mass is 10.1. The number of carbonyl (C=O) groups is 2. The minimum Gasteiger partial charge on any atom is -0.480 e. The first-order valence-electron chi connectivity index (χ1n) is 6.55. The van der Waals surface area contributed by atoms with Crippen molar-refractivity contribution in [2.45, 2.75) is 32.2 Å². The summed E-state index contributed by atoms with van der Waals surface area (Å²) in [6.45, 7) is 1.46. The van der Waals surface area contributed by atoms with E-state index in [-0.39, 0.29) is 5.91 Å². The lowest BCUT2D eigenvalue weighted by Gasteiger charge is -2.08. The fourth-order valence-electron chi connectivity index (χ4n) is 2.04. The average Bonchev–Trinajstić information content (AvgIpc) is 2.82. The number of benzene rings is 1. The van der Waals surface area contributed by atoms with Gasteiger partial charge in [0.2, 0.25) is 5.91 Å². The summed E-state index contributed by atoms with van der Waals surface area (Å²) in [5, 5.41) is 14.5. The molecule has 2 N–H and O–H groups in total. The van der Waals surface area contributed by atoms with Crippen LogP contribution in [0.15, 0.2) is 29.6 Å². The Balaban J connectivity index is 1.84. The molecule has 106 valence electrons. The highest BCUT2D eigenvalue weighted by atomic mass is 32.1. The molecule has 4 nitrogen and oxygen atoms in total. The van der Waals surface area contributed by atoms with E-state index in [1.165, 1.54) is 22.6 Å². The molecule has 0 saturated heterocycles. The minimum atomic E-state index is -1.01. The first kappa shape index (κ1) is 14.5. The van der Waals surface area contributed by atoms with Crippen molar-refractivity contribution in [3.05, 3.63) is 35.2 Å². The van der Waals surface area contributed by atoms with Gasteiger partial charge in [0.15, 0.2) is 0 Å². The highest BCUT2D eigenvalue weighted by molar-refractivity contribution is 7.17. The van der Waals surface area contributed by atoms with Crippen LogP contribution in [0, 0.1) is 0 Å². The van der Waals surface area contributed by atoms with Crippen LogP contribution in [-0.4, -0.2) is 23.0 Å². The van der Waals surface area contributed by atoms with Gasteiger partial charge in [-0.05, 0) is 42.2 Å². The number of aliphatic carboxylic acids is 1. The van der Waals surface area contributed by atoms with Crippen molar-refractivity contribution < 1.29 is 14.7 Å². The third kappa shape index (κ3) is 3.57. The normalized spacial score (nSPS) is 12.2. The fraction of sp³-hybridized carbons (Fsp3) is 0.333. The Morgan fingerprint density at radius 2 is 2.10 bits per heavy atom. The Bertz CT molecular complexity index is 620. The Morgan fingerprint density at radius 1 is 1.35 bits per heavy atom. The summed E-state index contributed by atoms with van der Waals surface area (Å²) in [5.74, 6) is -1.22. The van der Waals surface area contributed by atoms with E-state index in [1.807, 2.05) is 12.1 Å². The minimum absolute atomic E-state index is 0.209. The Morgan fingerprint density at radius 3 is 2.85 bits per heavy atom. The number of carboxylic acids is 1. The molecule has 1 aromatic heterocycles. The molecule has 0 aliphatic heterocycles. The maximum atomic E-state index is 11.6. The lowest BCUT2D eigenvalue weighted by molar-refractivity contribution is -0.141. The number of fused-ring (bicyclic) bond motifs is 1. The van der Waals surface area contributed by atoms with Crippen LogP contribution >= 0.6 is 11.3 Å². The van der Waals surface area contributed by atoms with Gasteiger partial charge in [0.25, 0.3) is 0 Å². The molecular weight excluding hydrogens is 274 g/mol. The molecule has 0 unspecified atom stereocenters. The summed E-state index contributed by atoms with van der Waals surface area (Å²) >= 11 is 1.71. The summed E-state index contributed by atoms with van der Waals surface area (Å²) in [7, 11) is 0. The highest BCUT2D eigenvalue weighted by Crippen LogP contribution is 2.26. The molecule has 0 radical (unpaired) electrons. The second-order valence-electron chi connectivity index (χ2n) is 4.74. The van der Waals surface area contributed by atoms with Crippen LogP contribution < -0.4 is 5.32 Å². The molecule has 5 heteroatoms. The van der Waals surface area contributed by atoms with Crippen molar-refractivity contribution >= 4 is 33.3 Å². The number of amides is 1. The van der Waals surface area contributed by atoms with Crippen molar-refractivity contribution in [3.63, 3.8) is 0 Å². The van der Waals surface area contributed by atoms with Gasteiger partial charge in [-0.15, -0.1) is 11.3 Å². The summed E-state index contributed by atoms with van der Waals surface area (Å²) in [5.41, 5.74) is 1.25. The molecular formula is C15H17NO3S. The van der Waals surface area contributed by atoms with Crippen LogP contribution in [0.5, 0.6) is 0 Å². The van der Waals surface area contributed by atoms with E-state index >= 15 is 0 Å². The van der Waals surface area contributed by atoms with Crippen LogP contribution in [-0.2, 0) is 16.0 Å². The molecule has 1 heterocycles. The fourth-order valence-corrected chi connectivity index (χ4v) is 3.04. The summed E-state index contributed by atoms with van der Waals surface area (Å²) < 4.78 is 1.26. The Hall–Kier alpha value is -1.88. The molecule has 20 heavy (non-hydrogen) atoms. The van der Waals surface area contributed by atoms with Gasteiger partial charge in [-0.1, -0.05) is 18.2 Å². The van der Waals surface area contributed by atoms with Crippen LogP contribution in [0.2, 0.25) is 0 Å². The topological polar surface area (TPSA) is 66.4 Å². The number of thiophene rings is 1. The van der Waals surface area contributed by atoms with Gasteiger partial charge in [0, 0.05) is 11.1 Å². The van der Waals surface area contributed by atoms with Crippen molar-refractivity contribution in [1.82, 2.24) is 5.32 Å². The van der Waals surface area contributed by atoms with Crippen molar-refractivity contribution in [2.24, 2.45) is 0 Å². The molecule has 0 bridgehead atoms. The quantitative estimate of drug-likeness (QED) is 0.860. The maximum absolute atomic E-state index is 11.6. The largest absolute Gasteiger partial charge is 0.480 e. The molecule has 0 saturated carbocycles. The van der Waals surface area contributed by atoms with Gasteiger partial charge in [-0.3, -0.25) is 9.59 Å². The van der Waals surface area contributed by atoms with E-state index < -0.39 is 12.0 Å². The number of hydrogen-bond donors (Lipinski definition) is 2. The molecule has 0 aliphatic rings. The van der Waals surface area contributed by atoms with Gasteiger partial charge in [-0.25, -0.2) is 0 Å². The predicted octanol–water partition coefficient (Wildman–Crippen LogP) is 2.81. The first-order valence-corrected chi connectivity index (χ1v) is 7.43. The zero-order valence-corrected chi connectivity index (χ0v) is 12.1. The molecule has 1 amide bonds. The summed E-state index contributed by atoms with van der Waals surface area (Å²) in [4.78, 5) is 22.2. The van der Waals surface area contributed by atoms with Crippen LogP contribution in [0.4, 0.5) is 0 Å². The van der Waals surface area contributed by atoms with E-state index in [9.17, 15) is 9.59 Å². The molecule has 1 atom stereocenters. The third-order valence-corrected chi connectivity index (χ3v) is 4.17. The molecule has 0 spiro atoms. The smallest absolute Gasteiger partial charge is 0.325 e. The Labute approximate surface area is 121 Å². The molecule has 2 rings (SSSR count). The number of carbonyl (C=O) groups excluding carboxylic acids is 1. The summed E-state index contributed by atoms with van der Waals surface area (Å²) in [6.07, 6.45) is 1.90. The monoisotopic (exact) mass is 291 g/mol. The third-order valence-electron chi connectivity index (χ3n) is 3.16. The second kappa shape index (κ2) is 6.52. The van der Waals surface area contributed by atoms with E-state index in [1.54, 1.807) is 11.3 Å². The maximum Gasteiger partial charge on any atom is 0.325 e. The van der Waals surface area contributed by atoms with Crippen LogP contribution in [0.1, 0.15) is 25.3 Å². The highest BCUT2D eigenvalue weighted by Gasteiger charge is 2.13. The van der Waals surface area contributed by atoms with Gasteiger partial charge < -0.3 is 10.4 Å². The SMILES string of the molecule is C[C@H](NC(=O)CCCc1csc2ccccc12)C(=O)O. The van der Waals surface area contributed by atoms with E-state index in [2.05, 4.69) is 22.8 Å². The zero-order chi connectivity index (χ0) is 14.5. The van der Waals surface area contributed by atoms with Crippen molar-refractivity contribution in [3.8, 4) is 0 Å². The van der Waals surface area contributed by atoms with E-state index in [0.717, 1.165) is 12.8 Å². The molecule has 1 aromatic carbocycles. The second-order valence-corrected chi connectivity index (χ2v) is 5.65. The van der Waals surface area contributed by atoms with Gasteiger partial charge >= 0.3 is 5.97 Å². The van der Waals surface area contributed by atoms with E-state index in [0.29, 0.717) is 6.42 Å². The van der Waals surface area contributed by atoms with Crippen LogP contribution in [0.3, 0.4) is 0 Å². The summed E-state index contributed by atoms with van der Waals surface area (Å²) in [6, 6.07) is 7.38. The van der Waals surface area contributed by atoms with Crippen LogP contribution in [0.25, 0.3) is 10.1 Å². The Kier molecular flexibility index (Phi) is 4.74. The van der Waals surface area contributed by atoms with Gasteiger partial charge in [0.05, 0.1) is 0 Å². The van der Waals surface area contributed by atoms with E-state index in [4.69, 9.17) is 5.11 Å².